The number of halogens is 1. The maximum absolute atomic E-state index is 11.4. The summed E-state index contributed by atoms with van der Waals surface area (Å²) in [5, 5.41) is 15.3. The molecule has 0 saturated heterocycles. The number of rotatable bonds is 8. The molecule has 0 heterocycles. The second-order valence-corrected chi connectivity index (χ2v) is 4.91. The summed E-state index contributed by atoms with van der Waals surface area (Å²) in [6.07, 6.45) is 0.433. The van der Waals surface area contributed by atoms with Crippen LogP contribution in [-0.2, 0) is 16.1 Å². The maximum Gasteiger partial charge on any atom is 0.221 e. The molecule has 6 heteroatoms. The first kappa shape index (κ1) is 15.9. The largest absolute Gasteiger partial charge is 0.507 e. The first-order chi connectivity index (χ1) is 9.13. The lowest BCUT2D eigenvalue weighted by molar-refractivity contribution is -0.121. The number of phenols is 1. The van der Waals surface area contributed by atoms with E-state index in [1.165, 1.54) is 0 Å². The third kappa shape index (κ3) is 6.56. The lowest BCUT2D eigenvalue weighted by atomic mass is 10.2. The van der Waals surface area contributed by atoms with Crippen molar-refractivity contribution in [2.45, 2.75) is 13.0 Å². The minimum atomic E-state index is 0.0106. The third-order valence-corrected chi connectivity index (χ3v) is 3.13. The lowest BCUT2D eigenvalue weighted by Gasteiger charge is -2.07. The summed E-state index contributed by atoms with van der Waals surface area (Å²) in [4.78, 5) is 11.4. The molecule has 1 aromatic rings. The number of phenolic OH excluding ortho intramolecular Hbond substituents is 1. The number of hydrogen-bond donors (Lipinski definition) is 3. The molecule has 1 amide bonds. The quantitative estimate of drug-likeness (QED) is 0.630. The summed E-state index contributed by atoms with van der Waals surface area (Å²) in [5.74, 6) is 0.234. The number of amides is 1. The molecule has 5 nitrogen and oxygen atoms in total. The highest BCUT2D eigenvalue weighted by molar-refractivity contribution is 9.10. The predicted octanol–water partition coefficient (Wildman–Crippen LogP) is 1.40. The number of carbonyl (C=O) groups excluding carboxylic acids is 1. The Balaban J connectivity index is 2.16. The van der Waals surface area contributed by atoms with E-state index in [0.29, 0.717) is 37.1 Å². The van der Waals surface area contributed by atoms with E-state index in [4.69, 9.17) is 4.74 Å². The van der Waals surface area contributed by atoms with Gasteiger partial charge in [0.2, 0.25) is 5.91 Å². The zero-order valence-electron chi connectivity index (χ0n) is 10.9. The van der Waals surface area contributed by atoms with Crippen LogP contribution in [0.1, 0.15) is 12.0 Å². The number of carbonyl (C=O) groups is 1. The molecule has 1 aromatic carbocycles. The van der Waals surface area contributed by atoms with E-state index < -0.39 is 0 Å². The Hall–Kier alpha value is -1.11. The van der Waals surface area contributed by atoms with E-state index in [1.807, 2.05) is 12.1 Å². The molecule has 0 bridgehead atoms. The van der Waals surface area contributed by atoms with Crippen molar-refractivity contribution >= 4 is 21.8 Å². The minimum absolute atomic E-state index is 0.0106. The van der Waals surface area contributed by atoms with Crippen molar-refractivity contribution in [3.05, 3.63) is 28.2 Å². The highest BCUT2D eigenvalue weighted by Crippen LogP contribution is 2.24. The van der Waals surface area contributed by atoms with E-state index in [2.05, 4.69) is 26.6 Å². The predicted molar refractivity (Wildman–Crippen MR) is 77.0 cm³/mol. The first-order valence-corrected chi connectivity index (χ1v) is 6.86. The van der Waals surface area contributed by atoms with Crippen LogP contribution in [0, 0.1) is 0 Å². The molecule has 0 aliphatic rings. The van der Waals surface area contributed by atoms with Gasteiger partial charge in [0.25, 0.3) is 0 Å². The average molecular weight is 331 g/mol. The molecular weight excluding hydrogens is 312 g/mol. The van der Waals surface area contributed by atoms with Crippen molar-refractivity contribution in [3.8, 4) is 5.75 Å². The van der Waals surface area contributed by atoms with Gasteiger partial charge >= 0.3 is 0 Å². The second kappa shape index (κ2) is 8.90. The van der Waals surface area contributed by atoms with Gasteiger partial charge < -0.3 is 20.5 Å². The summed E-state index contributed by atoms with van der Waals surface area (Å²) in [6, 6.07) is 5.32. The van der Waals surface area contributed by atoms with Gasteiger partial charge in [0.15, 0.2) is 0 Å². The number of methoxy groups -OCH3 is 1. The number of hydrogen-bond acceptors (Lipinski definition) is 4. The van der Waals surface area contributed by atoms with Gasteiger partial charge in [-0.15, -0.1) is 0 Å². The van der Waals surface area contributed by atoms with Crippen molar-refractivity contribution in [2.24, 2.45) is 0 Å². The van der Waals surface area contributed by atoms with Gasteiger partial charge in [0.05, 0.1) is 11.1 Å². The maximum atomic E-state index is 11.4. The average Bonchev–Trinajstić information content (AvgIpc) is 2.39. The number of ether oxygens (including phenoxy) is 1. The smallest absolute Gasteiger partial charge is 0.221 e. The molecule has 19 heavy (non-hydrogen) atoms. The summed E-state index contributed by atoms with van der Waals surface area (Å²) < 4.78 is 5.51. The van der Waals surface area contributed by atoms with E-state index in [1.54, 1.807) is 13.2 Å². The van der Waals surface area contributed by atoms with Gasteiger partial charge in [-0.05, 0) is 33.6 Å². The molecule has 0 unspecified atom stereocenters. The van der Waals surface area contributed by atoms with Crippen molar-refractivity contribution < 1.29 is 14.6 Å². The number of aromatic hydroxyl groups is 1. The first-order valence-electron chi connectivity index (χ1n) is 6.07. The van der Waals surface area contributed by atoms with E-state index in [0.717, 1.165) is 5.56 Å². The van der Waals surface area contributed by atoms with E-state index in [9.17, 15) is 9.90 Å². The van der Waals surface area contributed by atoms with Gasteiger partial charge in [0.1, 0.15) is 5.75 Å². The van der Waals surface area contributed by atoms with E-state index >= 15 is 0 Å². The van der Waals surface area contributed by atoms with Crippen LogP contribution >= 0.6 is 15.9 Å². The second-order valence-electron chi connectivity index (χ2n) is 4.06. The minimum Gasteiger partial charge on any atom is -0.507 e. The Morgan fingerprint density at radius 1 is 1.42 bits per heavy atom. The zero-order chi connectivity index (χ0) is 14.1. The van der Waals surface area contributed by atoms with Gasteiger partial charge in [-0.25, -0.2) is 0 Å². The summed E-state index contributed by atoms with van der Waals surface area (Å²) in [6.45, 7) is 2.34. The van der Waals surface area contributed by atoms with Crippen molar-refractivity contribution in [2.75, 3.05) is 26.8 Å². The molecule has 1 rings (SSSR count). The molecule has 0 aliphatic heterocycles. The fourth-order valence-electron chi connectivity index (χ4n) is 1.48. The summed E-state index contributed by atoms with van der Waals surface area (Å²) in [7, 11) is 1.60. The van der Waals surface area contributed by atoms with Crippen LogP contribution in [0.2, 0.25) is 0 Å². The van der Waals surface area contributed by atoms with Crippen molar-refractivity contribution in [1.82, 2.24) is 10.6 Å². The third-order valence-electron chi connectivity index (χ3n) is 2.50. The molecule has 0 aliphatic carbocycles. The molecule has 0 spiro atoms. The molecule has 106 valence electrons. The van der Waals surface area contributed by atoms with Crippen LogP contribution in [0.15, 0.2) is 22.7 Å². The number of benzene rings is 1. The Labute approximate surface area is 121 Å². The van der Waals surface area contributed by atoms with Gasteiger partial charge in [-0.3, -0.25) is 4.79 Å². The van der Waals surface area contributed by atoms with Crippen LogP contribution in [0.4, 0.5) is 0 Å². The SMILES string of the molecule is COCCNC(=O)CCNCc1ccc(O)c(Br)c1. The molecule has 0 atom stereocenters. The Morgan fingerprint density at radius 2 is 2.21 bits per heavy atom. The zero-order valence-corrected chi connectivity index (χ0v) is 12.5. The summed E-state index contributed by atoms with van der Waals surface area (Å²) >= 11 is 3.26. The normalized spacial score (nSPS) is 10.4. The van der Waals surface area contributed by atoms with Gasteiger partial charge in [-0.1, -0.05) is 6.07 Å². The summed E-state index contributed by atoms with van der Waals surface area (Å²) in [5.41, 5.74) is 1.05. The molecule has 0 aromatic heterocycles. The van der Waals surface area contributed by atoms with Crippen molar-refractivity contribution in [1.29, 1.82) is 0 Å². The molecular formula is C13H19BrN2O3. The van der Waals surface area contributed by atoms with Crippen LogP contribution in [0.3, 0.4) is 0 Å². The Kier molecular flexibility index (Phi) is 7.47. The standard InChI is InChI=1S/C13H19BrN2O3/c1-19-7-6-16-13(18)4-5-15-9-10-2-3-12(17)11(14)8-10/h2-3,8,15,17H,4-7,9H2,1H3,(H,16,18). The van der Waals surface area contributed by atoms with Crippen LogP contribution in [-0.4, -0.2) is 37.8 Å². The Morgan fingerprint density at radius 3 is 2.89 bits per heavy atom. The van der Waals surface area contributed by atoms with Crippen LogP contribution < -0.4 is 10.6 Å². The highest BCUT2D eigenvalue weighted by Gasteiger charge is 2.01. The fourth-order valence-corrected chi connectivity index (χ4v) is 1.90. The van der Waals surface area contributed by atoms with E-state index in [-0.39, 0.29) is 11.7 Å². The fraction of sp³-hybridized carbons (Fsp3) is 0.462. The van der Waals surface area contributed by atoms with Gasteiger partial charge in [-0.2, -0.15) is 0 Å². The molecule has 0 radical (unpaired) electrons. The van der Waals surface area contributed by atoms with Gasteiger partial charge in [0, 0.05) is 33.2 Å². The number of nitrogens with one attached hydrogen (secondary N) is 2. The molecule has 0 saturated carbocycles. The molecule has 0 fully saturated rings. The molecule has 3 N–H and O–H groups in total. The van der Waals surface area contributed by atoms with Crippen LogP contribution in [0.5, 0.6) is 5.75 Å². The lowest BCUT2D eigenvalue weighted by Crippen LogP contribution is -2.29. The Bertz CT molecular complexity index is 413. The highest BCUT2D eigenvalue weighted by atomic mass is 79.9. The van der Waals surface area contributed by atoms with Crippen LogP contribution in [0.25, 0.3) is 0 Å². The topological polar surface area (TPSA) is 70.6 Å². The van der Waals surface area contributed by atoms with Crippen molar-refractivity contribution in [3.63, 3.8) is 0 Å². The monoisotopic (exact) mass is 330 g/mol.